The van der Waals surface area contributed by atoms with E-state index in [1.165, 1.54) is 5.56 Å². The largest absolute Gasteiger partial charge is 0.325 e. The van der Waals surface area contributed by atoms with Crippen LogP contribution in [0.2, 0.25) is 0 Å². The second-order valence-corrected chi connectivity index (χ2v) is 5.75. The summed E-state index contributed by atoms with van der Waals surface area (Å²) in [6, 6.07) is 15.4. The summed E-state index contributed by atoms with van der Waals surface area (Å²) in [7, 11) is 0. The van der Waals surface area contributed by atoms with E-state index in [0.717, 1.165) is 10.0 Å². The number of nitrogens with one attached hydrogen (secondary N) is 1. The van der Waals surface area contributed by atoms with E-state index >= 15 is 0 Å². The number of nitrogens with zero attached hydrogens (tertiary/aromatic N) is 1. The minimum atomic E-state index is -0.0877. The summed E-state index contributed by atoms with van der Waals surface area (Å²) in [6.45, 7) is 2.03. The summed E-state index contributed by atoms with van der Waals surface area (Å²) in [5.41, 5.74) is 3.33. The van der Waals surface area contributed by atoms with Crippen molar-refractivity contribution in [1.82, 2.24) is 0 Å². The van der Waals surface area contributed by atoms with Crippen molar-refractivity contribution in [3.63, 3.8) is 0 Å². The Balaban J connectivity index is 1.98. The molecule has 0 bridgehead atoms. The fourth-order valence-electron chi connectivity index (χ4n) is 2.06. The van der Waals surface area contributed by atoms with Crippen molar-refractivity contribution in [2.24, 2.45) is 0 Å². The van der Waals surface area contributed by atoms with Crippen LogP contribution in [0.25, 0.3) is 0 Å². The lowest BCUT2D eigenvalue weighted by Crippen LogP contribution is -2.13. The van der Waals surface area contributed by atoms with Crippen molar-refractivity contribution in [2.45, 2.75) is 19.8 Å². The fraction of sp³-hybridized carbons (Fsp3) is 0.176. The number of carbonyl (C=O) groups is 1. The van der Waals surface area contributed by atoms with Crippen LogP contribution in [0.1, 0.15) is 23.1 Å². The molecule has 0 spiro atoms. The van der Waals surface area contributed by atoms with E-state index in [2.05, 4.69) is 33.4 Å². The van der Waals surface area contributed by atoms with Gasteiger partial charge >= 0.3 is 0 Å². The van der Waals surface area contributed by atoms with E-state index in [0.29, 0.717) is 24.1 Å². The van der Waals surface area contributed by atoms with Gasteiger partial charge in [-0.3, -0.25) is 4.79 Å². The van der Waals surface area contributed by atoms with Crippen LogP contribution in [0.3, 0.4) is 0 Å². The molecule has 0 fully saturated rings. The molecule has 0 aromatic heterocycles. The maximum absolute atomic E-state index is 12.0. The molecule has 0 saturated carbocycles. The van der Waals surface area contributed by atoms with E-state index in [1.54, 1.807) is 18.2 Å². The molecule has 2 rings (SSSR count). The van der Waals surface area contributed by atoms with Gasteiger partial charge in [0.1, 0.15) is 6.07 Å². The van der Waals surface area contributed by atoms with Crippen LogP contribution >= 0.6 is 15.9 Å². The lowest BCUT2D eigenvalue weighted by Gasteiger charge is -2.08. The molecule has 0 aliphatic carbocycles. The number of nitriles is 1. The lowest BCUT2D eigenvalue weighted by atomic mass is 10.1. The van der Waals surface area contributed by atoms with Crippen molar-refractivity contribution in [1.29, 1.82) is 5.26 Å². The van der Waals surface area contributed by atoms with Gasteiger partial charge < -0.3 is 5.32 Å². The van der Waals surface area contributed by atoms with Crippen LogP contribution in [0, 0.1) is 18.3 Å². The molecule has 2 aromatic carbocycles. The Morgan fingerprint density at radius 3 is 2.81 bits per heavy atom. The van der Waals surface area contributed by atoms with Crippen molar-refractivity contribution in [2.75, 3.05) is 5.32 Å². The molecule has 2 aromatic rings. The quantitative estimate of drug-likeness (QED) is 0.905. The van der Waals surface area contributed by atoms with Gasteiger partial charge in [-0.2, -0.15) is 5.26 Å². The molecule has 0 heterocycles. The maximum Gasteiger partial charge on any atom is 0.224 e. The van der Waals surface area contributed by atoms with Crippen LogP contribution in [0.15, 0.2) is 46.9 Å². The number of aryl methyl sites for hydroxylation is 2. The van der Waals surface area contributed by atoms with Crippen LogP contribution in [-0.2, 0) is 11.2 Å². The molecule has 3 nitrogen and oxygen atoms in total. The van der Waals surface area contributed by atoms with Crippen LogP contribution in [0.5, 0.6) is 0 Å². The number of halogens is 1. The predicted molar refractivity (Wildman–Crippen MR) is 87.0 cm³/mol. The molecule has 0 saturated heterocycles. The molecule has 0 aliphatic heterocycles. The van der Waals surface area contributed by atoms with Crippen LogP contribution < -0.4 is 5.32 Å². The molecule has 4 heteroatoms. The molecular formula is C17H15BrN2O. The third-order valence-corrected chi connectivity index (χ3v) is 3.59. The van der Waals surface area contributed by atoms with E-state index in [4.69, 9.17) is 5.26 Å². The molecule has 0 radical (unpaired) electrons. The third-order valence-electron chi connectivity index (χ3n) is 3.10. The second kappa shape index (κ2) is 7.05. The van der Waals surface area contributed by atoms with E-state index in [9.17, 15) is 4.79 Å². The first-order valence-electron chi connectivity index (χ1n) is 6.63. The van der Waals surface area contributed by atoms with Crippen molar-refractivity contribution < 1.29 is 4.79 Å². The molecule has 0 unspecified atom stereocenters. The predicted octanol–water partition coefficient (Wildman–Crippen LogP) is 4.20. The van der Waals surface area contributed by atoms with Gasteiger partial charge in [-0.05, 0) is 37.1 Å². The highest BCUT2D eigenvalue weighted by Gasteiger charge is 2.07. The average molecular weight is 343 g/mol. The third kappa shape index (κ3) is 4.44. The topological polar surface area (TPSA) is 52.9 Å². The normalized spacial score (nSPS) is 9.95. The molecular weight excluding hydrogens is 328 g/mol. The van der Waals surface area contributed by atoms with Crippen molar-refractivity contribution in [3.05, 3.63) is 63.6 Å². The number of benzene rings is 2. The summed E-state index contributed by atoms with van der Waals surface area (Å²) >= 11 is 3.31. The monoisotopic (exact) mass is 342 g/mol. The van der Waals surface area contributed by atoms with Crippen molar-refractivity contribution in [3.8, 4) is 6.07 Å². The SMILES string of the molecule is Cc1cccc(CCC(=O)Nc2ccc(Br)cc2C#N)c1. The highest BCUT2D eigenvalue weighted by atomic mass is 79.9. The van der Waals surface area contributed by atoms with E-state index in [-0.39, 0.29) is 5.91 Å². The first-order chi connectivity index (χ1) is 10.1. The Morgan fingerprint density at radius 2 is 2.10 bits per heavy atom. The number of hydrogen-bond donors (Lipinski definition) is 1. The molecule has 1 N–H and O–H groups in total. The van der Waals surface area contributed by atoms with Crippen LogP contribution in [-0.4, -0.2) is 5.91 Å². The standard InChI is InChI=1S/C17H15BrN2O/c1-12-3-2-4-13(9-12)5-8-17(21)20-16-7-6-15(18)10-14(16)11-19/h2-4,6-7,9-10H,5,8H2,1H3,(H,20,21). The zero-order valence-corrected chi connectivity index (χ0v) is 13.3. The Bertz CT molecular complexity index is 704. The van der Waals surface area contributed by atoms with Gasteiger partial charge in [-0.1, -0.05) is 45.8 Å². The van der Waals surface area contributed by atoms with Gasteiger partial charge in [0.25, 0.3) is 0 Å². The van der Waals surface area contributed by atoms with Crippen LogP contribution in [0.4, 0.5) is 5.69 Å². The zero-order chi connectivity index (χ0) is 15.2. The molecule has 21 heavy (non-hydrogen) atoms. The molecule has 0 aliphatic rings. The van der Waals surface area contributed by atoms with Gasteiger partial charge in [0.2, 0.25) is 5.91 Å². The number of anilines is 1. The Labute approximate surface area is 132 Å². The lowest BCUT2D eigenvalue weighted by molar-refractivity contribution is -0.116. The minimum Gasteiger partial charge on any atom is -0.325 e. The molecule has 106 valence electrons. The smallest absolute Gasteiger partial charge is 0.224 e. The summed E-state index contributed by atoms with van der Waals surface area (Å²) in [5, 5.41) is 11.9. The minimum absolute atomic E-state index is 0.0877. The number of carbonyl (C=O) groups excluding carboxylic acids is 1. The van der Waals surface area contributed by atoms with Gasteiger partial charge in [0.05, 0.1) is 11.3 Å². The highest BCUT2D eigenvalue weighted by molar-refractivity contribution is 9.10. The van der Waals surface area contributed by atoms with Gasteiger partial charge in [-0.15, -0.1) is 0 Å². The number of amides is 1. The number of rotatable bonds is 4. The summed E-state index contributed by atoms with van der Waals surface area (Å²) < 4.78 is 0.816. The maximum atomic E-state index is 12.0. The summed E-state index contributed by atoms with van der Waals surface area (Å²) in [6.07, 6.45) is 1.08. The highest BCUT2D eigenvalue weighted by Crippen LogP contribution is 2.20. The first kappa shape index (κ1) is 15.3. The van der Waals surface area contributed by atoms with Gasteiger partial charge in [0.15, 0.2) is 0 Å². The zero-order valence-electron chi connectivity index (χ0n) is 11.7. The van der Waals surface area contributed by atoms with E-state index < -0.39 is 0 Å². The Hall–Kier alpha value is -2.12. The Morgan fingerprint density at radius 1 is 1.29 bits per heavy atom. The first-order valence-corrected chi connectivity index (χ1v) is 7.43. The van der Waals surface area contributed by atoms with E-state index in [1.807, 2.05) is 25.1 Å². The summed E-state index contributed by atoms with van der Waals surface area (Å²) in [4.78, 5) is 12.0. The van der Waals surface area contributed by atoms with Gasteiger partial charge in [-0.25, -0.2) is 0 Å². The Kier molecular flexibility index (Phi) is 5.13. The molecule has 1 amide bonds. The molecule has 0 atom stereocenters. The number of hydrogen-bond acceptors (Lipinski definition) is 2. The average Bonchev–Trinajstić information content (AvgIpc) is 2.47. The van der Waals surface area contributed by atoms with Crippen molar-refractivity contribution >= 4 is 27.5 Å². The second-order valence-electron chi connectivity index (χ2n) is 4.84. The fourth-order valence-corrected chi connectivity index (χ4v) is 2.42. The summed E-state index contributed by atoms with van der Waals surface area (Å²) in [5.74, 6) is -0.0877. The van der Waals surface area contributed by atoms with Gasteiger partial charge in [0, 0.05) is 10.9 Å².